The fourth-order valence-corrected chi connectivity index (χ4v) is 1.48. The molecule has 1 aromatic carbocycles. The average Bonchev–Trinajstić information content (AvgIpc) is 2.17. The molecule has 1 rings (SSSR count). The van der Waals surface area contributed by atoms with E-state index in [1.807, 2.05) is 6.07 Å². The zero-order chi connectivity index (χ0) is 10.7. The highest BCUT2D eigenvalue weighted by molar-refractivity contribution is 9.10. The summed E-state index contributed by atoms with van der Waals surface area (Å²) >= 11 is 3.16. The van der Waals surface area contributed by atoms with Crippen LogP contribution in [-0.4, -0.2) is 4.92 Å². The van der Waals surface area contributed by atoms with E-state index in [2.05, 4.69) is 15.9 Å². The van der Waals surface area contributed by atoms with Crippen molar-refractivity contribution in [3.05, 3.63) is 37.8 Å². The minimum Gasteiger partial charge on any atom is -0.326 e. The Labute approximate surface area is 88.4 Å². The zero-order valence-electron chi connectivity index (χ0n) is 7.03. The minimum absolute atomic E-state index is 0.120. The fourth-order valence-electron chi connectivity index (χ4n) is 1.00. The minimum atomic E-state index is -0.549. The molecule has 0 amide bonds. The van der Waals surface area contributed by atoms with E-state index >= 15 is 0 Å². The summed E-state index contributed by atoms with van der Waals surface area (Å²) in [6, 6.07) is 4.42. The van der Waals surface area contributed by atoms with Gasteiger partial charge in [0.25, 0.3) is 5.69 Å². The van der Waals surface area contributed by atoms with Gasteiger partial charge in [-0.25, -0.2) is 0 Å². The van der Waals surface area contributed by atoms with Crippen LogP contribution in [0, 0.1) is 21.4 Å². The number of hydrogen-bond acceptors (Lipinski definition) is 4. The fraction of sp³-hybridized carbons (Fsp3) is 0.125. The van der Waals surface area contributed by atoms with Crippen molar-refractivity contribution in [2.24, 2.45) is 5.73 Å². The molecule has 14 heavy (non-hydrogen) atoms. The number of nitriles is 1. The molecule has 0 fully saturated rings. The predicted molar refractivity (Wildman–Crippen MR) is 53.4 cm³/mol. The summed E-state index contributed by atoms with van der Waals surface area (Å²) in [5.74, 6) is 0. The van der Waals surface area contributed by atoms with Crippen LogP contribution < -0.4 is 5.73 Å². The molecule has 0 atom stereocenters. The monoisotopic (exact) mass is 255 g/mol. The van der Waals surface area contributed by atoms with Gasteiger partial charge in [0.2, 0.25) is 0 Å². The number of halogens is 1. The number of nitrogens with two attached hydrogens (primary N) is 1. The third-order valence-corrected chi connectivity index (χ3v) is 2.62. The van der Waals surface area contributed by atoms with Crippen LogP contribution in [0.1, 0.15) is 11.1 Å². The van der Waals surface area contributed by atoms with E-state index in [-0.39, 0.29) is 17.8 Å². The maximum Gasteiger partial charge on any atom is 0.271 e. The van der Waals surface area contributed by atoms with Gasteiger partial charge in [-0.2, -0.15) is 5.26 Å². The van der Waals surface area contributed by atoms with Crippen molar-refractivity contribution in [1.29, 1.82) is 5.26 Å². The molecule has 2 N–H and O–H groups in total. The first-order valence-electron chi connectivity index (χ1n) is 3.67. The highest BCUT2D eigenvalue weighted by Gasteiger charge is 2.13. The van der Waals surface area contributed by atoms with E-state index < -0.39 is 4.92 Å². The summed E-state index contributed by atoms with van der Waals surface area (Å²) in [4.78, 5) is 9.94. The van der Waals surface area contributed by atoms with Crippen molar-refractivity contribution in [2.75, 3.05) is 0 Å². The van der Waals surface area contributed by atoms with Crippen LogP contribution in [0.2, 0.25) is 0 Å². The Morgan fingerprint density at radius 2 is 2.29 bits per heavy atom. The summed E-state index contributed by atoms with van der Waals surface area (Å²) < 4.78 is 0.521. The lowest BCUT2D eigenvalue weighted by Gasteiger charge is -2.02. The second kappa shape index (κ2) is 4.17. The number of nitro groups is 1. The Balaban J connectivity index is 3.41. The van der Waals surface area contributed by atoms with Crippen molar-refractivity contribution >= 4 is 21.6 Å². The first-order chi connectivity index (χ1) is 6.60. The molecule has 5 nitrogen and oxygen atoms in total. The predicted octanol–water partition coefficient (Wildman–Crippen LogP) is 1.69. The third kappa shape index (κ3) is 1.89. The normalized spacial score (nSPS) is 9.50. The Morgan fingerprint density at radius 1 is 1.64 bits per heavy atom. The molecule has 72 valence electrons. The van der Waals surface area contributed by atoms with Crippen molar-refractivity contribution in [3.8, 4) is 6.07 Å². The molecule has 0 heterocycles. The quantitative estimate of drug-likeness (QED) is 0.643. The lowest BCUT2D eigenvalue weighted by atomic mass is 10.1. The van der Waals surface area contributed by atoms with Crippen molar-refractivity contribution in [1.82, 2.24) is 0 Å². The van der Waals surface area contributed by atoms with E-state index in [9.17, 15) is 10.1 Å². The molecule has 0 radical (unpaired) electrons. The van der Waals surface area contributed by atoms with Gasteiger partial charge in [-0.15, -0.1) is 0 Å². The SMILES string of the molecule is N#Cc1cc([N+](=O)[O-])cc(CN)c1Br. The molecular weight excluding hydrogens is 250 g/mol. The molecule has 0 aromatic heterocycles. The van der Waals surface area contributed by atoms with E-state index in [0.29, 0.717) is 10.0 Å². The van der Waals surface area contributed by atoms with Crippen molar-refractivity contribution in [3.63, 3.8) is 0 Å². The summed E-state index contributed by atoms with van der Waals surface area (Å²) in [6.07, 6.45) is 0. The largest absolute Gasteiger partial charge is 0.326 e. The van der Waals surface area contributed by atoms with Crippen molar-refractivity contribution < 1.29 is 4.92 Å². The van der Waals surface area contributed by atoms with Gasteiger partial charge in [0, 0.05) is 23.2 Å². The summed E-state index contributed by atoms with van der Waals surface area (Å²) in [7, 11) is 0. The molecule has 0 saturated carbocycles. The van der Waals surface area contributed by atoms with Crippen LogP contribution in [0.25, 0.3) is 0 Å². The van der Waals surface area contributed by atoms with Crippen LogP contribution >= 0.6 is 15.9 Å². The van der Waals surface area contributed by atoms with Crippen LogP contribution in [-0.2, 0) is 6.54 Å². The molecule has 1 aromatic rings. The molecule has 0 aliphatic heterocycles. The van der Waals surface area contributed by atoms with E-state index in [1.165, 1.54) is 12.1 Å². The number of benzene rings is 1. The molecule has 0 aliphatic rings. The van der Waals surface area contributed by atoms with E-state index in [1.54, 1.807) is 0 Å². The van der Waals surface area contributed by atoms with Gasteiger partial charge < -0.3 is 5.73 Å². The number of rotatable bonds is 2. The Kier molecular flexibility index (Phi) is 3.17. The number of nitrogens with zero attached hydrogens (tertiary/aromatic N) is 2. The molecule has 0 aliphatic carbocycles. The highest BCUT2D eigenvalue weighted by Crippen LogP contribution is 2.26. The molecule has 0 unspecified atom stereocenters. The van der Waals surface area contributed by atoms with Gasteiger partial charge in [-0.05, 0) is 21.5 Å². The van der Waals surface area contributed by atoms with Crippen molar-refractivity contribution in [2.45, 2.75) is 6.54 Å². The van der Waals surface area contributed by atoms with Crippen LogP contribution in [0.3, 0.4) is 0 Å². The molecular formula is C8H6BrN3O2. The Bertz CT molecular complexity index is 425. The Morgan fingerprint density at radius 3 is 2.71 bits per heavy atom. The van der Waals surface area contributed by atoms with Crippen LogP contribution in [0.15, 0.2) is 16.6 Å². The first-order valence-corrected chi connectivity index (χ1v) is 4.46. The summed E-state index contributed by atoms with van der Waals surface area (Å²) in [5, 5.41) is 19.2. The number of non-ortho nitro benzene ring substituents is 1. The lowest BCUT2D eigenvalue weighted by molar-refractivity contribution is -0.384. The van der Waals surface area contributed by atoms with E-state index in [4.69, 9.17) is 11.0 Å². The zero-order valence-corrected chi connectivity index (χ0v) is 8.61. The van der Waals surface area contributed by atoms with Gasteiger partial charge in [0.15, 0.2) is 0 Å². The smallest absolute Gasteiger partial charge is 0.271 e. The molecule has 0 saturated heterocycles. The summed E-state index contributed by atoms with van der Waals surface area (Å²) in [6.45, 7) is 0.150. The molecule has 6 heteroatoms. The number of nitro benzene ring substituents is 1. The standard InChI is InChI=1S/C8H6BrN3O2/c9-8-5(3-10)1-7(12(13)14)2-6(8)4-11/h1-2H,3,10H2. The van der Waals surface area contributed by atoms with Gasteiger partial charge in [-0.3, -0.25) is 10.1 Å². The van der Waals surface area contributed by atoms with Gasteiger partial charge >= 0.3 is 0 Å². The van der Waals surface area contributed by atoms with Gasteiger partial charge in [0.1, 0.15) is 6.07 Å². The lowest BCUT2D eigenvalue weighted by Crippen LogP contribution is -2.00. The molecule has 0 bridgehead atoms. The second-order valence-electron chi connectivity index (χ2n) is 2.54. The average molecular weight is 256 g/mol. The highest BCUT2D eigenvalue weighted by atomic mass is 79.9. The topological polar surface area (TPSA) is 92.9 Å². The van der Waals surface area contributed by atoms with E-state index in [0.717, 1.165) is 0 Å². The maximum absolute atomic E-state index is 10.5. The Hall–Kier alpha value is -1.45. The second-order valence-corrected chi connectivity index (χ2v) is 3.33. The van der Waals surface area contributed by atoms with Gasteiger partial charge in [0.05, 0.1) is 10.5 Å². The maximum atomic E-state index is 10.5. The van der Waals surface area contributed by atoms with Crippen LogP contribution in [0.5, 0.6) is 0 Å². The molecule has 0 spiro atoms. The van der Waals surface area contributed by atoms with Crippen LogP contribution in [0.4, 0.5) is 5.69 Å². The number of hydrogen-bond donors (Lipinski definition) is 1. The first kappa shape index (κ1) is 10.6. The third-order valence-electron chi connectivity index (χ3n) is 1.68. The van der Waals surface area contributed by atoms with Gasteiger partial charge in [-0.1, -0.05) is 0 Å². The summed E-state index contributed by atoms with van der Waals surface area (Å²) in [5.41, 5.74) is 6.03.